The first-order chi connectivity index (χ1) is 8.59. The maximum Gasteiger partial charge on any atom is 0.138 e. The average Bonchev–Trinajstić information content (AvgIpc) is 2.38. The summed E-state index contributed by atoms with van der Waals surface area (Å²) in [5.41, 5.74) is 1.95. The van der Waals surface area contributed by atoms with Gasteiger partial charge in [0.1, 0.15) is 5.78 Å². The molecule has 2 atom stereocenters. The molecule has 18 heavy (non-hydrogen) atoms. The maximum absolute atomic E-state index is 11.8. The van der Waals surface area contributed by atoms with Gasteiger partial charge in [0.05, 0.1) is 6.10 Å². The van der Waals surface area contributed by atoms with Crippen molar-refractivity contribution in [1.29, 1.82) is 0 Å². The molecule has 98 valence electrons. The predicted molar refractivity (Wildman–Crippen MR) is 72.7 cm³/mol. The third kappa shape index (κ3) is 2.72. The van der Waals surface area contributed by atoms with E-state index in [0.29, 0.717) is 6.42 Å². The zero-order valence-corrected chi connectivity index (χ0v) is 11.1. The van der Waals surface area contributed by atoms with E-state index < -0.39 is 6.10 Å². The van der Waals surface area contributed by atoms with Crippen molar-refractivity contribution < 1.29 is 9.90 Å². The fourth-order valence-electron chi connectivity index (χ4n) is 2.55. The Morgan fingerprint density at radius 2 is 1.89 bits per heavy atom. The summed E-state index contributed by atoms with van der Waals surface area (Å²) in [5.74, 6) is 0.00870. The molecule has 0 unspecified atom stereocenters. The zero-order chi connectivity index (χ0) is 13.1. The highest BCUT2D eigenvalue weighted by Gasteiger charge is 2.29. The number of Topliss-reactive ketones (excluding diaryl/α,β-unsaturated/α-hetero) is 1. The van der Waals surface area contributed by atoms with Gasteiger partial charge in [0.15, 0.2) is 0 Å². The van der Waals surface area contributed by atoms with E-state index >= 15 is 0 Å². The van der Waals surface area contributed by atoms with Crippen LogP contribution in [-0.2, 0) is 4.79 Å². The van der Waals surface area contributed by atoms with Gasteiger partial charge in [0.25, 0.3) is 0 Å². The van der Waals surface area contributed by atoms with Gasteiger partial charge in [-0.1, -0.05) is 18.6 Å². The van der Waals surface area contributed by atoms with Crippen LogP contribution in [0.3, 0.4) is 0 Å². The van der Waals surface area contributed by atoms with Gasteiger partial charge in [-0.05, 0) is 30.5 Å². The number of anilines is 1. The summed E-state index contributed by atoms with van der Waals surface area (Å²) in [6, 6.07) is 7.79. The molecule has 1 saturated carbocycles. The molecule has 1 fully saturated rings. The van der Waals surface area contributed by atoms with Crippen molar-refractivity contribution in [3.8, 4) is 0 Å². The molecule has 0 radical (unpaired) electrons. The number of carbonyl (C=O) groups excluding carboxylic acids is 1. The van der Waals surface area contributed by atoms with Crippen LogP contribution >= 0.6 is 0 Å². The summed E-state index contributed by atoms with van der Waals surface area (Å²) >= 11 is 0. The smallest absolute Gasteiger partial charge is 0.138 e. The van der Waals surface area contributed by atoms with Gasteiger partial charge in [-0.25, -0.2) is 0 Å². The van der Waals surface area contributed by atoms with Crippen LogP contribution in [0.15, 0.2) is 24.3 Å². The minimum atomic E-state index is -0.644. The van der Waals surface area contributed by atoms with Crippen LogP contribution in [0.25, 0.3) is 0 Å². The van der Waals surface area contributed by atoms with Crippen molar-refractivity contribution in [1.82, 2.24) is 0 Å². The van der Waals surface area contributed by atoms with Crippen molar-refractivity contribution in [3.05, 3.63) is 29.8 Å². The molecule has 1 aromatic carbocycles. The van der Waals surface area contributed by atoms with Crippen molar-refractivity contribution in [2.24, 2.45) is 5.92 Å². The molecule has 0 spiro atoms. The lowest BCUT2D eigenvalue weighted by Gasteiger charge is -2.26. The molecular formula is C15H21NO2. The van der Waals surface area contributed by atoms with Crippen LogP contribution in [0.1, 0.15) is 37.4 Å². The van der Waals surface area contributed by atoms with Gasteiger partial charge in [-0.2, -0.15) is 0 Å². The van der Waals surface area contributed by atoms with Gasteiger partial charge in [0, 0.05) is 32.1 Å². The van der Waals surface area contributed by atoms with Gasteiger partial charge >= 0.3 is 0 Å². The standard InChI is InChI=1S/C15H21NO2/c1-16(2)12-9-7-11(8-10-12)15(18)13-5-3-4-6-14(13)17/h7-10,13,15,18H,3-6H2,1-2H3/t13-,15+/m1/s1. The molecule has 0 amide bonds. The Bertz CT molecular complexity index is 411. The van der Waals surface area contributed by atoms with Crippen molar-refractivity contribution in [2.75, 3.05) is 19.0 Å². The number of aliphatic hydroxyl groups is 1. The van der Waals surface area contributed by atoms with Gasteiger partial charge in [-0.15, -0.1) is 0 Å². The molecule has 3 heteroatoms. The SMILES string of the molecule is CN(C)c1ccc([C@H](O)[C@@H]2CCCCC2=O)cc1. The first kappa shape index (κ1) is 13.1. The second-order valence-electron chi connectivity index (χ2n) is 5.25. The molecule has 1 N–H and O–H groups in total. The highest BCUT2D eigenvalue weighted by molar-refractivity contribution is 5.82. The summed E-state index contributed by atoms with van der Waals surface area (Å²) < 4.78 is 0. The molecule has 1 aliphatic carbocycles. The number of hydrogen-bond donors (Lipinski definition) is 1. The average molecular weight is 247 g/mol. The second kappa shape index (κ2) is 5.53. The van der Waals surface area contributed by atoms with Gasteiger partial charge in [0.2, 0.25) is 0 Å². The minimum absolute atomic E-state index is 0.205. The minimum Gasteiger partial charge on any atom is -0.388 e. The van der Waals surface area contributed by atoms with Crippen molar-refractivity contribution in [2.45, 2.75) is 31.8 Å². The molecule has 0 aliphatic heterocycles. The lowest BCUT2D eigenvalue weighted by molar-refractivity contribution is -0.128. The topological polar surface area (TPSA) is 40.5 Å². The first-order valence-corrected chi connectivity index (χ1v) is 6.57. The van der Waals surface area contributed by atoms with Gasteiger partial charge in [-0.3, -0.25) is 4.79 Å². The van der Waals surface area contributed by atoms with Gasteiger partial charge < -0.3 is 10.0 Å². The normalized spacial score (nSPS) is 21.7. The monoisotopic (exact) mass is 247 g/mol. The molecular weight excluding hydrogens is 226 g/mol. The predicted octanol–water partition coefficient (Wildman–Crippen LogP) is 2.55. The maximum atomic E-state index is 11.8. The Morgan fingerprint density at radius 3 is 2.44 bits per heavy atom. The fourth-order valence-corrected chi connectivity index (χ4v) is 2.55. The summed E-state index contributed by atoms with van der Waals surface area (Å²) in [6.45, 7) is 0. The number of hydrogen-bond acceptors (Lipinski definition) is 3. The molecule has 2 rings (SSSR count). The van der Waals surface area contributed by atoms with Crippen LogP contribution in [0.5, 0.6) is 0 Å². The first-order valence-electron chi connectivity index (χ1n) is 6.57. The van der Waals surface area contributed by atoms with E-state index in [9.17, 15) is 9.90 Å². The summed E-state index contributed by atoms with van der Waals surface area (Å²) in [7, 11) is 3.96. The van der Waals surface area contributed by atoms with Crippen LogP contribution in [-0.4, -0.2) is 25.0 Å². The molecule has 1 aromatic rings. The summed E-state index contributed by atoms with van der Waals surface area (Å²) in [4.78, 5) is 13.8. The van der Waals surface area contributed by atoms with E-state index in [4.69, 9.17) is 0 Å². The van der Waals surface area contributed by atoms with E-state index in [2.05, 4.69) is 0 Å². The Balaban J connectivity index is 2.12. The molecule has 0 heterocycles. The number of rotatable bonds is 3. The quantitative estimate of drug-likeness (QED) is 0.892. The Kier molecular flexibility index (Phi) is 4.02. The molecule has 0 bridgehead atoms. The fraction of sp³-hybridized carbons (Fsp3) is 0.533. The number of nitrogens with zero attached hydrogens (tertiary/aromatic N) is 1. The van der Waals surface area contributed by atoms with Crippen LogP contribution < -0.4 is 4.90 Å². The van der Waals surface area contributed by atoms with Crippen molar-refractivity contribution >= 4 is 11.5 Å². The van der Waals surface area contributed by atoms with Crippen LogP contribution in [0, 0.1) is 5.92 Å². The Labute approximate surface area is 108 Å². The van der Waals surface area contributed by atoms with Crippen LogP contribution in [0.4, 0.5) is 5.69 Å². The highest BCUT2D eigenvalue weighted by Crippen LogP contribution is 2.32. The summed E-state index contributed by atoms with van der Waals surface area (Å²) in [5, 5.41) is 10.3. The van der Waals surface area contributed by atoms with E-state index in [0.717, 1.165) is 30.5 Å². The van der Waals surface area contributed by atoms with Crippen LogP contribution in [0.2, 0.25) is 0 Å². The Morgan fingerprint density at radius 1 is 1.22 bits per heavy atom. The third-order valence-corrected chi connectivity index (χ3v) is 3.73. The molecule has 0 saturated heterocycles. The molecule has 3 nitrogen and oxygen atoms in total. The summed E-state index contributed by atoms with van der Waals surface area (Å²) in [6.07, 6.45) is 2.81. The van der Waals surface area contributed by atoms with E-state index in [-0.39, 0.29) is 11.7 Å². The third-order valence-electron chi connectivity index (χ3n) is 3.73. The molecule has 0 aromatic heterocycles. The lowest BCUT2D eigenvalue weighted by atomic mass is 9.82. The van der Waals surface area contributed by atoms with E-state index in [1.807, 2.05) is 43.3 Å². The second-order valence-corrected chi connectivity index (χ2v) is 5.25. The highest BCUT2D eigenvalue weighted by atomic mass is 16.3. The number of aliphatic hydroxyl groups excluding tert-OH is 1. The number of carbonyl (C=O) groups is 1. The number of ketones is 1. The van der Waals surface area contributed by atoms with E-state index in [1.165, 1.54) is 0 Å². The Hall–Kier alpha value is -1.35. The lowest BCUT2D eigenvalue weighted by Crippen LogP contribution is -2.25. The molecule has 1 aliphatic rings. The number of benzene rings is 1. The zero-order valence-electron chi connectivity index (χ0n) is 11.1. The van der Waals surface area contributed by atoms with E-state index in [1.54, 1.807) is 0 Å². The largest absolute Gasteiger partial charge is 0.388 e. The van der Waals surface area contributed by atoms with Crippen molar-refractivity contribution in [3.63, 3.8) is 0 Å².